The minimum absolute atomic E-state index is 0.0949. The molecule has 2 amide bonds. The number of urea groups is 1. The van der Waals surface area contributed by atoms with E-state index in [1.165, 1.54) is 0 Å². The molecule has 0 aliphatic heterocycles. The van der Waals surface area contributed by atoms with Crippen molar-refractivity contribution in [2.24, 2.45) is 11.7 Å². The molecule has 1 fully saturated rings. The molecule has 64 valence electrons. The number of amides is 2. The summed E-state index contributed by atoms with van der Waals surface area (Å²) in [5.74, 6) is 0.211. The molecule has 4 nitrogen and oxygen atoms in total. The number of aliphatic hydroxyl groups excluding tert-OH is 1. The first-order chi connectivity index (χ1) is 5.24. The summed E-state index contributed by atoms with van der Waals surface area (Å²) in [6.45, 7) is 0.144. The molecule has 0 aromatic heterocycles. The second kappa shape index (κ2) is 3.57. The maximum absolute atomic E-state index is 10.4. The number of carbonyl (C=O) groups is 1. The maximum atomic E-state index is 10.4. The number of aliphatic hydroxyl groups is 1. The van der Waals surface area contributed by atoms with Crippen molar-refractivity contribution in [3.8, 4) is 0 Å². The predicted molar refractivity (Wildman–Crippen MR) is 40.9 cm³/mol. The van der Waals surface area contributed by atoms with Gasteiger partial charge in [0.2, 0.25) is 0 Å². The van der Waals surface area contributed by atoms with Gasteiger partial charge in [-0.15, -0.1) is 0 Å². The highest BCUT2D eigenvalue weighted by Gasteiger charge is 2.26. The monoisotopic (exact) mass is 158 g/mol. The van der Waals surface area contributed by atoms with Gasteiger partial charge in [-0.25, -0.2) is 4.79 Å². The normalized spacial score (nSPS) is 30.3. The number of rotatable bonds is 2. The van der Waals surface area contributed by atoms with Gasteiger partial charge in [0, 0.05) is 18.6 Å². The van der Waals surface area contributed by atoms with Gasteiger partial charge in [0.05, 0.1) is 0 Å². The molecule has 1 saturated carbocycles. The zero-order valence-electron chi connectivity index (χ0n) is 6.42. The van der Waals surface area contributed by atoms with Crippen LogP contribution in [0.25, 0.3) is 0 Å². The molecule has 0 unspecified atom stereocenters. The summed E-state index contributed by atoms with van der Waals surface area (Å²) in [7, 11) is 0. The molecule has 0 bridgehead atoms. The molecule has 0 saturated heterocycles. The van der Waals surface area contributed by atoms with Crippen molar-refractivity contribution < 1.29 is 9.90 Å². The molecule has 0 radical (unpaired) electrons. The van der Waals surface area contributed by atoms with Crippen LogP contribution in [0.15, 0.2) is 0 Å². The summed E-state index contributed by atoms with van der Waals surface area (Å²) in [4.78, 5) is 10.4. The molecule has 1 aliphatic rings. The van der Waals surface area contributed by atoms with Crippen LogP contribution in [0.1, 0.15) is 19.3 Å². The first kappa shape index (κ1) is 8.33. The van der Waals surface area contributed by atoms with E-state index in [1.807, 2.05) is 0 Å². The van der Waals surface area contributed by atoms with Crippen molar-refractivity contribution in [1.82, 2.24) is 5.32 Å². The van der Waals surface area contributed by atoms with Crippen LogP contribution in [-0.4, -0.2) is 23.8 Å². The molecule has 4 heteroatoms. The Hall–Kier alpha value is -0.770. The van der Waals surface area contributed by atoms with Crippen molar-refractivity contribution in [3.63, 3.8) is 0 Å². The number of hydrogen-bond donors (Lipinski definition) is 3. The highest BCUT2D eigenvalue weighted by molar-refractivity contribution is 5.72. The van der Waals surface area contributed by atoms with E-state index in [-0.39, 0.29) is 18.6 Å². The van der Waals surface area contributed by atoms with Gasteiger partial charge in [0.25, 0.3) is 0 Å². The van der Waals surface area contributed by atoms with Crippen molar-refractivity contribution in [2.75, 3.05) is 6.61 Å². The summed E-state index contributed by atoms with van der Waals surface area (Å²) in [5, 5.41) is 11.5. The third-order valence-corrected chi connectivity index (χ3v) is 2.22. The molecule has 11 heavy (non-hydrogen) atoms. The van der Waals surface area contributed by atoms with E-state index >= 15 is 0 Å². The Bertz CT molecular complexity index is 149. The van der Waals surface area contributed by atoms with E-state index in [0.29, 0.717) is 0 Å². The number of nitrogens with one attached hydrogen (secondary N) is 1. The van der Waals surface area contributed by atoms with Crippen LogP contribution in [0.3, 0.4) is 0 Å². The minimum atomic E-state index is -0.490. The lowest BCUT2D eigenvalue weighted by molar-refractivity contribution is 0.202. The van der Waals surface area contributed by atoms with Gasteiger partial charge in [-0.1, -0.05) is 6.42 Å². The smallest absolute Gasteiger partial charge is 0.312 e. The molecule has 1 rings (SSSR count). The Morgan fingerprint density at radius 1 is 1.64 bits per heavy atom. The number of hydrogen-bond acceptors (Lipinski definition) is 2. The summed E-state index contributed by atoms with van der Waals surface area (Å²) in [5.41, 5.74) is 4.96. The first-order valence-electron chi connectivity index (χ1n) is 3.91. The Balaban J connectivity index is 2.37. The quantitative estimate of drug-likeness (QED) is 0.521. The largest absolute Gasteiger partial charge is 0.396 e. The Morgan fingerprint density at radius 3 is 2.91 bits per heavy atom. The van der Waals surface area contributed by atoms with Crippen molar-refractivity contribution in [1.29, 1.82) is 0 Å². The first-order valence-corrected chi connectivity index (χ1v) is 3.91. The standard InChI is InChI=1S/C7H14N2O2/c8-7(11)9-6-3-1-2-5(6)4-10/h5-6,10H,1-4H2,(H3,8,9,11)/t5-,6-/m1/s1. The van der Waals surface area contributed by atoms with Gasteiger partial charge in [0.15, 0.2) is 0 Å². The van der Waals surface area contributed by atoms with Crippen LogP contribution >= 0.6 is 0 Å². The lowest BCUT2D eigenvalue weighted by Gasteiger charge is -2.16. The van der Waals surface area contributed by atoms with Crippen LogP contribution in [0.4, 0.5) is 4.79 Å². The zero-order chi connectivity index (χ0) is 8.27. The lowest BCUT2D eigenvalue weighted by Crippen LogP contribution is -2.41. The van der Waals surface area contributed by atoms with E-state index in [9.17, 15) is 4.79 Å². The topological polar surface area (TPSA) is 75.4 Å². The molecular formula is C7H14N2O2. The zero-order valence-corrected chi connectivity index (χ0v) is 6.42. The molecule has 0 heterocycles. The highest BCUT2D eigenvalue weighted by Crippen LogP contribution is 2.24. The van der Waals surface area contributed by atoms with Crippen LogP contribution in [0, 0.1) is 5.92 Å². The average Bonchev–Trinajstić information content (AvgIpc) is 2.34. The Kier molecular flexibility index (Phi) is 2.70. The number of primary amides is 1. The predicted octanol–water partition coefficient (Wildman–Crippen LogP) is -0.184. The molecule has 2 atom stereocenters. The van der Waals surface area contributed by atoms with Crippen molar-refractivity contribution >= 4 is 6.03 Å². The minimum Gasteiger partial charge on any atom is -0.396 e. The highest BCUT2D eigenvalue weighted by atomic mass is 16.3. The van der Waals surface area contributed by atoms with E-state index in [0.717, 1.165) is 19.3 Å². The van der Waals surface area contributed by atoms with Crippen LogP contribution in [-0.2, 0) is 0 Å². The van der Waals surface area contributed by atoms with Gasteiger partial charge < -0.3 is 16.2 Å². The third-order valence-electron chi connectivity index (χ3n) is 2.22. The van der Waals surface area contributed by atoms with E-state index < -0.39 is 6.03 Å². The number of nitrogens with two attached hydrogens (primary N) is 1. The average molecular weight is 158 g/mol. The second-order valence-corrected chi connectivity index (χ2v) is 2.99. The Morgan fingerprint density at radius 2 is 2.36 bits per heavy atom. The summed E-state index contributed by atoms with van der Waals surface area (Å²) in [6, 6.07) is -0.396. The molecule has 0 aromatic carbocycles. The molecule has 4 N–H and O–H groups in total. The van der Waals surface area contributed by atoms with E-state index in [1.54, 1.807) is 0 Å². The van der Waals surface area contributed by atoms with Gasteiger partial charge >= 0.3 is 6.03 Å². The summed E-state index contributed by atoms with van der Waals surface area (Å²) in [6.07, 6.45) is 2.99. The fraction of sp³-hybridized carbons (Fsp3) is 0.857. The van der Waals surface area contributed by atoms with Crippen molar-refractivity contribution in [3.05, 3.63) is 0 Å². The van der Waals surface area contributed by atoms with Crippen LogP contribution in [0.5, 0.6) is 0 Å². The second-order valence-electron chi connectivity index (χ2n) is 2.99. The fourth-order valence-corrected chi connectivity index (χ4v) is 1.63. The van der Waals surface area contributed by atoms with Gasteiger partial charge in [-0.05, 0) is 12.8 Å². The number of carbonyl (C=O) groups excluding carboxylic acids is 1. The summed E-state index contributed by atoms with van der Waals surface area (Å²) < 4.78 is 0. The van der Waals surface area contributed by atoms with Crippen LogP contribution in [0.2, 0.25) is 0 Å². The molecule has 0 aromatic rings. The van der Waals surface area contributed by atoms with E-state index in [4.69, 9.17) is 10.8 Å². The maximum Gasteiger partial charge on any atom is 0.312 e. The van der Waals surface area contributed by atoms with Gasteiger partial charge in [-0.3, -0.25) is 0 Å². The molecule has 0 spiro atoms. The summed E-state index contributed by atoms with van der Waals surface area (Å²) >= 11 is 0. The van der Waals surface area contributed by atoms with Gasteiger partial charge in [0.1, 0.15) is 0 Å². The molecular weight excluding hydrogens is 144 g/mol. The van der Waals surface area contributed by atoms with Crippen molar-refractivity contribution in [2.45, 2.75) is 25.3 Å². The fourth-order valence-electron chi connectivity index (χ4n) is 1.63. The van der Waals surface area contributed by atoms with Crippen LogP contribution < -0.4 is 11.1 Å². The van der Waals surface area contributed by atoms with E-state index in [2.05, 4.69) is 5.32 Å². The third kappa shape index (κ3) is 2.08. The lowest BCUT2D eigenvalue weighted by atomic mass is 10.1. The Labute approximate surface area is 65.8 Å². The molecule has 1 aliphatic carbocycles. The van der Waals surface area contributed by atoms with Gasteiger partial charge in [-0.2, -0.15) is 0 Å². The SMILES string of the molecule is NC(=O)N[C@@H]1CCC[C@@H]1CO.